The van der Waals surface area contributed by atoms with E-state index in [1.54, 1.807) is 31.4 Å². The van der Waals surface area contributed by atoms with Gasteiger partial charge in [-0.05, 0) is 49.2 Å². The fourth-order valence-electron chi connectivity index (χ4n) is 2.67. The van der Waals surface area contributed by atoms with Crippen LogP contribution in [0.3, 0.4) is 0 Å². The molecule has 3 N–H and O–H groups in total. The maximum absolute atomic E-state index is 12.2. The molecule has 8 nitrogen and oxygen atoms in total. The highest BCUT2D eigenvalue weighted by Gasteiger charge is 2.14. The van der Waals surface area contributed by atoms with Gasteiger partial charge in [0.25, 0.3) is 0 Å². The van der Waals surface area contributed by atoms with Crippen LogP contribution in [-0.2, 0) is 11.4 Å². The topological polar surface area (TPSA) is 104 Å². The highest BCUT2D eigenvalue weighted by atomic mass is 32.2. The van der Waals surface area contributed by atoms with Crippen LogP contribution in [0.1, 0.15) is 17.0 Å². The first-order valence-corrected chi connectivity index (χ1v) is 9.91. The van der Waals surface area contributed by atoms with Crippen LogP contribution in [0.2, 0.25) is 0 Å². The first-order valence-electron chi connectivity index (χ1n) is 8.93. The number of thioether (sulfide) groups is 1. The molecule has 0 fully saturated rings. The maximum Gasteiger partial charge on any atom is 0.234 e. The summed E-state index contributed by atoms with van der Waals surface area (Å²) in [5.41, 5.74) is 2.77. The Morgan fingerprint density at radius 3 is 2.48 bits per heavy atom. The molecule has 29 heavy (non-hydrogen) atoms. The Balaban J connectivity index is 1.54. The summed E-state index contributed by atoms with van der Waals surface area (Å²) in [6.45, 7) is 4.16. The van der Waals surface area contributed by atoms with Gasteiger partial charge in [-0.2, -0.15) is 0 Å². The van der Waals surface area contributed by atoms with Crippen LogP contribution in [0.25, 0.3) is 0 Å². The second kappa shape index (κ2) is 9.33. The van der Waals surface area contributed by atoms with Crippen molar-refractivity contribution in [3.8, 4) is 11.5 Å². The molecule has 0 spiro atoms. The van der Waals surface area contributed by atoms with Crippen molar-refractivity contribution in [2.45, 2.75) is 25.6 Å². The number of carbonyl (C=O) groups is 1. The van der Waals surface area contributed by atoms with Crippen molar-refractivity contribution in [2.24, 2.45) is 0 Å². The summed E-state index contributed by atoms with van der Waals surface area (Å²) in [7, 11) is 1.59. The highest BCUT2D eigenvalue weighted by Crippen LogP contribution is 2.24. The lowest BCUT2D eigenvalue weighted by Gasteiger charge is -2.11. The van der Waals surface area contributed by atoms with E-state index in [1.165, 1.54) is 16.4 Å². The number of methoxy groups -OCH3 is 1. The Kier molecular flexibility index (Phi) is 6.61. The van der Waals surface area contributed by atoms with Gasteiger partial charge in [0.05, 0.1) is 12.9 Å². The molecule has 0 saturated carbocycles. The minimum atomic E-state index is -0.170. The van der Waals surface area contributed by atoms with Crippen molar-refractivity contribution >= 4 is 23.4 Å². The summed E-state index contributed by atoms with van der Waals surface area (Å²) in [5.74, 6) is 8.05. The zero-order valence-corrected chi connectivity index (χ0v) is 17.3. The number of nitrogen functional groups attached to an aromatic ring is 1. The van der Waals surface area contributed by atoms with Gasteiger partial charge in [-0.15, -0.1) is 10.2 Å². The minimum absolute atomic E-state index is 0.152. The lowest BCUT2D eigenvalue weighted by atomic mass is 10.1. The monoisotopic (exact) mass is 413 g/mol. The smallest absolute Gasteiger partial charge is 0.234 e. The van der Waals surface area contributed by atoms with Crippen LogP contribution in [0.5, 0.6) is 11.5 Å². The van der Waals surface area contributed by atoms with Gasteiger partial charge in [0.2, 0.25) is 11.1 Å². The molecule has 3 aromatic rings. The normalized spacial score (nSPS) is 10.6. The third-order valence-electron chi connectivity index (χ3n) is 4.20. The Hall–Kier alpha value is -3.20. The molecule has 3 rings (SSSR count). The Morgan fingerprint density at radius 2 is 1.83 bits per heavy atom. The van der Waals surface area contributed by atoms with Crippen LogP contribution in [-0.4, -0.2) is 33.6 Å². The van der Waals surface area contributed by atoms with Crippen LogP contribution in [0.15, 0.2) is 47.6 Å². The number of ether oxygens (including phenoxy) is 2. The molecule has 0 unspecified atom stereocenters. The quantitative estimate of drug-likeness (QED) is 0.432. The molecular weight excluding hydrogens is 390 g/mol. The SMILES string of the molecule is COc1ccc(NC(=O)CSc2nnc(COc3c(C)cccc3C)n2N)cc1. The number of nitrogens with one attached hydrogen (secondary N) is 1. The third kappa shape index (κ3) is 5.20. The largest absolute Gasteiger partial charge is 0.497 e. The fourth-order valence-corrected chi connectivity index (χ4v) is 3.34. The van der Waals surface area contributed by atoms with E-state index < -0.39 is 0 Å². The van der Waals surface area contributed by atoms with Gasteiger partial charge in [0, 0.05) is 5.69 Å². The van der Waals surface area contributed by atoms with Crippen molar-refractivity contribution in [1.82, 2.24) is 14.9 Å². The number of aryl methyl sites for hydroxylation is 2. The third-order valence-corrected chi connectivity index (χ3v) is 5.14. The van der Waals surface area contributed by atoms with E-state index >= 15 is 0 Å². The van der Waals surface area contributed by atoms with E-state index in [0.717, 1.165) is 22.6 Å². The average Bonchev–Trinajstić information content (AvgIpc) is 3.06. The number of para-hydroxylation sites is 1. The maximum atomic E-state index is 12.2. The fraction of sp³-hybridized carbons (Fsp3) is 0.250. The van der Waals surface area contributed by atoms with Gasteiger partial charge in [0.15, 0.2) is 5.82 Å². The molecule has 0 aliphatic rings. The second-order valence-electron chi connectivity index (χ2n) is 6.34. The molecule has 0 bridgehead atoms. The number of anilines is 1. The van der Waals surface area contributed by atoms with Crippen LogP contribution >= 0.6 is 11.8 Å². The summed E-state index contributed by atoms with van der Waals surface area (Å²) in [6, 6.07) is 13.1. The molecule has 1 heterocycles. The highest BCUT2D eigenvalue weighted by molar-refractivity contribution is 7.99. The number of rotatable bonds is 8. The first kappa shape index (κ1) is 20.5. The molecule has 0 atom stereocenters. The van der Waals surface area contributed by atoms with E-state index in [0.29, 0.717) is 16.7 Å². The molecule has 9 heteroatoms. The van der Waals surface area contributed by atoms with Gasteiger partial charge in [-0.25, -0.2) is 4.68 Å². The van der Waals surface area contributed by atoms with Crippen molar-refractivity contribution in [3.05, 3.63) is 59.4 Å². The predicted octanol–water partition coefficient (Wildman–Crippen LogP) is 2.93. The van der Waals surface area contributed by atoms with E-state index in [4.69, 9.17) is 15.3 Å². The van der Waals surface area contributed by atoms with Crippen molar-refractivity contribution in [3.63, 3.8) is 0 Å². The molecule has 0 radical (unpaired) electrons. The molecule has 1 aromatic heterocycles. The van der Waals surface area contributed by atoms with Crippen LogP contribution in [0, 0.1) is 13.8 Å². The number of carbonyl (C=O) groups excluding carboxylic acids is 1. The van der Waals surface area contributed by atoms with E-state index in [9.17, 15) is 4.79 Å². The van der Waals surface area contributed by atoms with Crippen molar-refractivity contribution in [2.75, 3.05) is 24.0 Å². The molecule has 2 aromatic carbocycles. The van der Waals surface area contributed by atoms with E-state index in [-0.39, 0.29) is 18.3 Å². The molecule has 0 saturated heterocycles. The Labute approximate surface area is 173 Å². The summed E-state index contributed by atoms with van der Waals surface area (Å²) in [5, 5.41) is 11.4. The number of benzene rings is 2. The molecule has 152 valence electrons. The van der Waals surface area contributed by atoms with Gasteiger partial charge in [0.1, 0.15) is 18.1 Å². The Bertz CT molecular complexity index is 968. The lowest BCUT2D eigenvalue weighted by molar-refractivity contribution is -0.113. The first-order chi connectivity index (χ1) is 14.0. The van der Waals surface area contributed by atoms with Gasteiger partial charge in [-0.3, -0.25) is 4.79 Å². The average molecular weight is 414 g/mol. The number of hydrogen-bond acceptors (Lipinski definition) is 7. The van der Waals surface area contributed by atoms with Crippen molar-refractivity contribution in [1.29, 1.82) is 0 Å². The number of nitrogens with zero attached hydrogens (tertiary/aromatic N) is 3. The lowest BCUT2D eigenvalue weighted by Crippen LogP contribution is -2.18. The zero-order valence-electron chi connectivity index (χ0n) is 16.5. The minimum Gasteiger partial charge on any atom is -0.497 e. The van der Waals surface area contributed by atoms with E-state index in [2.05, 4.69) is 15.5 Å². The van der Waals surface area contributed by atoms with Gasteiger partial charge < -0.3 is 20.6 Å². The second-order valence-corrected chi connectivity index (χ2v) is 7.29. The molecule has 1 amide bonds. The van der Waals surface area contributed by atoms with Crippen LogP contribution < -0.4 is 20.6 Å². The van der Waals surface area contributed by atoms with Gasteiger partial charge in [-0.1, -0.05) is 30.0 Å². The summed E-state index contributed by atoms with van der Waals surface area (Å²) in [6.07, 6.45) is 0. The number of amides is 1. The zero-order chi connectivity index (χ0) is 20.8. The van der Waals surface area contributed by atoms with Crippen molar-refractivity contribution < 1.29 is 14.3 Å². The number of hydrogen-bond donors (Lipinski definition) is 2. The standard InChI is InChI=1S/C20H23N5O3S/c1-13-5-4-6-14(2)19(13)28-11-17-23-24-20(25(17)21)29-12-18(26)22-15-7-9-16(27-3)10-8-15/h4-10H,11-12,21H2,1-3H3,(H,22,26). The molecule has 0 aliphatic heterocycles. The summed E-state index contributed by atoms with van der Waals surface area (Å²) < 4.78 is 12.3. The predicted molar refractivity (Wildman–Crippen MR) is 113 cm³/mol. The van der Waals surface area contributed by atoms with E-state index in [1.807, 2.05) is 32.0 Å². The molecular formula is C20H23N5O3S. The number of aromatic nitrogens is 3. The summed E-state index contributed by atoms with van der Waals surface area (Å²) in [4.78, 5) is 12.2. The Morgan fingerprint density at radius 1 is 1.14 bits per heavy atom. The van der Waals surface area contributed by atoms with Gasteiger partial charge >= 0.3 is 0 Å². The van der Waals surface area contributed by atoms with Crippen LogP contribution in [0.4, 0.5) is 5.69 Å². The molecule has 0 aliphatic carbocycles. The summed E-state index contributed by atoms with van der Waals surface area (Å²) >= 11 is 1.20. The number of nitrogens with two attached hydrogens (primary N) is 1.